The van der Waals surface area contributed by atoms with Gasteiger partial charge in [0.15, 0.2) is 0 Å². The van der Waals surface area contributed by atoms with Crippen LogP contribution in [-0.4, -0.2) is 73.3 Å². The highest BCUT2D eigenvalue weighted by Gasteiger charge is 2.26. The zero-order chi connectivity index (χ0) is 20.5. The minimum Gasteiger partial charge on any atom is -0.491 e. The van der Waals surface area contributed by atoms with E-state index < -0.39 is 5.97 Å². The van der Waals surface area contributed by atoms with Crippen molar-refractivity contribution in [2.75, 3.05) is 46.6 Å². The largest absolute Gasteiger partial charge is 0.491 e. The molecule has 8 heteroatoms. The maximum absolute atomic E-state index is 12.6. The summed E-state index contributed by atoms with van der Waals surface area (Å²) in [5.74, 6) is 0.229. The van der Waals surface area contributed by atoms with Gasteiger partial charge in [-0.2, -0.15) is 0 Å². The van der Waals surface area contributed by atoms with Crippen molar-refractivity contribution >= 4 is 12.0 Å². The van der Waals surface area contributed by atoms with E-state index in [1.54, 1.807) is 34.3 Å². The number of pyridine rings is 1. The van der Waals surface area contributed by atoms with Crippen LogP contribution in [0.25, 0.3) is 0 Å². The van der Waals surface area contributed by atoms with E-state index in [9.17, 15) is 9.59 Å². The minimum absolute atomic E-state index is 0.00166. The van der Waals surface area contributed by atoms with Crippen molar-refractivity contribution in [1.82, 2.24) is 14.8 Å². The monoisotopic (exact) mass is 399 g/mol. The standard InChI is InChI=1S/C16H20N2O5.C5H5N/c1-21-15(19)12-2-3-13-11-18(6-9-23-14(13)10-12)16(20)17-4-7-22-8-5-17;1-2-4-6-5-3-1/h2-3,10H,4-9,11H2,1H3;1-5H. The molecule has 1 fully saturated rings. The zero-order valence-corrected chi connectivity index (χ0v) is 16.5. The normalized spacial score (nSPS) is 15.8. The Bertz CT molecular complexity index is 783. The SMILES string of the molecule is COC(=O)c1ccc2c(c1)OCCN(C(=O)N1CCOCC1)C2.c1ccncc1. The lowest BCUT2D eigenvalue weighted by Crippen LogP contribution is -2.48. The number of nitrogens with zero attached hydrogens (tertiary/aromatic N) is 3. The first-order valence-corrected chi connectivity index (χ1v) is 9.49. The fourth-order valence-electron chi connectivity index (χ4n) is 3.05. The van der Waals surface area contributed by atoms with E-state index in [2.05, 4.69) is 4.98 Å². The minimum atomic E-state index is -0.401. The third-order valence-electron chi connectivity index (χ3n) is 4.59. The molecule has 29 heavy (non-hydrogen) atoms. The quantitative estimate of drug-likeness (QED) is 0.684. The first-order chi connectivity index (χ1) is 14.2. The third-order valence-corrected chi connectivity index (χ3v) is 4.59. The van der Waals surface area contributed by atoms with Gasteiger partial charge in [0.05, 0.1) is 39.0 Å². The molecule has 2 aliphatic heterocycles. The van der Waals surface area contributed by atoms with Gasteiger partial charge >= 0.3 is 12.0 Å². The van der Waals surface area contributed by atoms with E-state index in [0.717, 1.165) is 5.56 Å². The van der Waals surface area contributed by atoms with Crippen molar-refractivity contribution in [2.24, 2.45) is 0 Å². The molecule has 0 aliphatic carbocycles. The fraction of sp³-hybridized carbons (Fsp3) is 0.381. The number of ether oxygens (including phenoxy) is 3. The number of amides is 2. The van der Waals surface area contributed by atoms with Gasteiger partial charge in [-0.3, -0.25) is 4.98 Å². The van der Waals surface area contributed by atoms with Crippen LogP contribution in [-0.2, 0) is 16.0 Å². The molecule has 0 saturated carbocycles. The summed E-state index contributed by atoms with van der Waals surface area (Å²) >= 11 is 0. The van der Waals surface area contributed by atoms with E-state index in [-0.39, 0.29) is 6.03 Å². The number of aromatic nitrogens is 1. The van der Waals surface area contributed by atoms with Crippen LogP contribution in [0.15, 0.2) is 48.8 Å². The molecule has 2 aromatic rings. The topological polar surface area (TPSA) is 81.2 Å². The van der Waals surface area contributed by atoms with Gasteiger partial charge in [-0.25, -0.2) is 9.59 Å². The number of morpholine rings is 1. The van der Waals surface area contributed by atoms with E-state index in [1.807, 2.05) is 24.3 Å². The van der Waals surface area contributed by atoms with Crippen molar-refractivity contribution in [3.8, 4) is 5.75 Å². The summed E-state index contributed by atoms with van der Waals surface area (Å²) < 4.78 is 15.7. The van der Waals surface area contributed by atoms with Crippen LogP contribution in [0.4, 0.5) is 4.79 Å². The van der Waals surface area contributed by atoms with Crippen LogP contribution in [0.3, 0.4) is 0 Å². The van der Waals surface area contributed by atoms with Crippen molar-refractivity contribution in [3.63, 3.8) is 0 Å². The van der Waals surface area contributed by atoms with Crippen molar-refractivity contribution < 1.29 is 23.8 Å². The zero-order valence-electron chi connectivity index (χ0n) is 16.5. The van der Waals surface area contributed by atoms with Gasteiger partial charge < -0.3 is 24.0 Å². The molecule has 0 bridgehead atoms. The Labute approximate surface area is 170 Å². The first-order valence-electron chi connectivity index (χ1n) is 9.49. The fourth-order valence-corrected chi connectivity index (χ4v) is 3.05. The van der Waals surface area contributed by atoms with Crippen LogP contribution in [0, 0.1) is 0 Å². The summed E-state index contributed by atoms with van der Waals surface area (Å²) in [5.41, 5.74) is 1.33. The van der Waals surface area contributed by atoms with Gasteiger partial charge in [-0.05, 0) is 24.3 Å². The maximum atomic E-state index is 12.6. The second kappa shape index (κ2) is 10.4. The van der Waals surface area contributed by atoms with Crippen LogP contribution in [0.1, 0.15) is 15.9 Å². The third kappa shape index (κ3) is 5.68. The van der Waals surface area contributed by atoms with Crippen LogP contribution in [0.5, 0.6) is 5.75 Å². The number of methoxy groups -OCH3 is 1. The van der Waals surface area contributed by atoms with Gasteiger partial charge in [0.25, 0.3) is 0 Å². The predicted molar refractivity (Wildman–Crippen MR) is 106 cm³/mol. The second-order valence-electron chi connectivity index (χ2n) is 6.49. The summed E-state index contributed by atoms with van der Waals surface area (Å²) in [7, 11) is 1.34. The number of carbonyl (C=O) groups is 2. The molecular weight excluding hydrogens is 374 g/mol. The summed E-state index contributed by atoms with van der Waals surface area (Å²) in [5, 5.41) is 0. The van der Waals surface area contributed by atoms with Gasteiger partial charge in [-0.15, -0.1) is 0 Å². The molecule has 8 nitrogen and oxygen atoms in total. The molecule has 0 unspecified atom stereocenters. The average Bonchev–Trinajstić information content (AvgIpc) is 3.02. The highest BCUT2D eigenvalue weighted by molar-refractivity contribution is 5.90. The molecular formula is C21H25N3O5. The molecule has 2 amide bonds. The molecule has 3 heterocycles. The Morgan fingerprint density at radius 2 is 1.72 bits per heavy atom. The molecule has 0 radical (unpaired) electrons. The Morgan fingerprint density at radius 3 is 2.34 bits per heavy atom. The molecule has 1 aromatic carbocycles. The molecule has 0 atom stereocenters. The summed E-state index contributed by atoms with van der Waals surface area (Å²) in [6.07, 6.45) is 3.50. The molecule has 4 rings (SSSR count). The lowest BCUT2D eigenvalue weighted by molar-refractivity contribution is 0.0422. The smallest absolute Gasteiger partial charge is 0.337 e. The number of hydrogen-bond acceptors (Lipinski definition) is 6. The van der Waals surface area contributed by atoms with E-state index >= 15 is 0 Å². The number of carbonyl (C=O) groups excluding carboxylic acids is 2. The molecule has 0 spiro atoms. The lowest BCUT2D eigenvalue weighted by atomic mass is 10.1. The number of urea groups is 1. The predicted octanol–water partition coefficient (Wildman–Crippen LogP) is 2.20. The van der Waals surface area contributed by atoms with E-state index in [4.69, 9.17) is 14.2 Å². The van der Waals surface area contributed by atoms with Gasteiger partial charge in [-0.1, -0.05) is 12.1 Å². The van der Waals surface area contributed by atoms with E-state index in [0.29, 0.717) is 57.3 Å². The van der Waals surface area contributed by atoms with Crippen molar-refractivity contribution in [3.05, 3.63) is 59.9 Å². The summed E-state index contributed by atoms with van der Waals surface area (Å²) in [4.78, 5) is 31.6. The number of hydrogen-bond donors (Lipinski definition) is 0. The Balaban J connectivity index is 0.000000343. The molecule has 1 aromatic heterocycles. The van der Waals surface area contributed by atoms with Crippen molar-refractivity contribution in [1.29, 1.82) is 0 Å². The van der Waals surface area contributed by atoms with Crippen LogP contribution >= 0.6 is 0 Å². The number of benzene rings is 1. The Hall–Kier alpha value is -3.13. The number of fused-ring (bicyclic) bond motifs is 1. The first kappa shape index (κ1) is 20.6. The highest BCUT2D eigenvalue weighted by Crippen LogP contribution is 2.25. The molecule has 0 N–H and O–H groups in total. The maximum Gasteiger partial charge on any atom is 0.337 e. The lowest BCUT2D eigenvalue weighted by Gasteiger charge is -2.32. The summed E-state index contributed by atoms with van der Waals surface area (Å²) in [6, 6.07) is 10.9. The Kier molecular flexibility index (Phi) is 7.40. The van der Waals surface area contributed by atoms with Crippen molar-refractivity contribution in [2.45, 2.75) is 6.54 Å². The van der Waals surface area contributed by atoms with Gasteiger partial charge in [0.1, 0.15) is 12.4 Å². The van der Waals surface area contributed by atoms with Gasteiger partial charge in [0.2, 0.25) is 0 Å². The molecule has 2 aliphatic rings. The highest BCUT2D eigenvalue weighted by atomic mass is 16.5. The molecule has 1 saturated heterocycles. The average molecular weight is 399 g/mol. The number of rotatable bonds is 1. The second-order valence-corrected chi connectivity index (χ2v) is 6.49. The molecule has 154 valence electrons. The Morgan fingerprint density at radius 1 is 1.00 bits per heavy atom. The summed E-state index contributed by atoms with van der Waals surface area (Å²) in [6.45, 7) is 3.76. The van der Waals surface area contributed by atoms with Crippen LogP contribution in [0.2, 0.25) is 0 Å². The van der Waals surface area contributed by atoms with Crippen LogP contribution < -0.4 is 4.74 Å². The van der Waals surface area contributed by atoms with E-state index in [1.165, 1.54) is 7.11 Å². The number of esters is 1. The van der Waals surface area contributed by atoms with Gasteiger partial charge in [0, 0.05) is 31.0 Å².